The van der Waals surface area contributed by atoms with Gasteiger partial charge in [0, 0.05) is 29.6 Å². The Hall–Kier alpha value is -1.31. The summed E-state index contributed by atoms with van der Waals surface area (Å²) in [7, 11) is 0. The topological polar surface area (TPSA) is 54.0 Å². The van der Waals surface area contributed by atoms with E-state index in [9.17, 15) is 18.0 Å². The number of aryl methyl sites for hydroxylation is 1. The summed E-state index contributed by atoms with van der Waals surface area (Å²) >= 11 is 1.54. The normalized spacial score (nSPS) is 23.3. The predicted octanol–water partition coefficient (Wildman–Crippen LogP) is 3.98. The van der Waals surface area contributed by atoms with E-state index in [0.717, 1.165) is 10.7 Å². The zero-order valence-corrected chi connectivity index (χ0v) is 14.1. The van der Waals surface area contributed by atoms with Gasteiger partial charge in [0.2, 0.25) is 0 Å². The van der Waals surface area contributed by atoms with Crippen LogP contribution in [0.1, 0.15) is 49.2 Å². The van der Waals surface area contributed by atoms with Crippen molar-refractivity contribution in [3.63, 3.8) is 0 Å². The number of nitrogens with one attached hydrogen (secondary N) is 2. The minimum atomic E-state index is -4.17. The van der Waals surface area contributed by atoms with Gasteiger partial charge in [-0.25, -0.2) is 9.78 Å². The highest BCUT2D eigenvalue weighted by Crippen LogP contribution is 2.37. The summed E-state index contributed by atoms with van der Waals surface area (Å²) in [4.78, 5) is 16.3. The lowest BCUT2D eigenvalue weighted by Gasteiger charge is -2.31. The van der Waals surface area contributed by atoms with Crippen LogP contribution in [0.5, 0.6) is 0 Å². The average molecular weight is 349 g/mol. The van der Waals surface area contributed by atoms with E-state index in [4.69, 9.17) is 0 Å². The van der Waals surface area contributed by atoms with Gasteiger partial charge in [0.1, 0.15) is 0 Å². The van der Waals surface area contributed by atoms with Crippen LogP contribution in [0.4, 0.5) is 18.0 Å². The van der Waals surface area contributed by atoms with Gasteiger partial charge in [-0.15, -0.1) is 11.3 Å². The van der Waals surface area contributed by atoms with Gasteiger partial charge in [-0.2, -0.15) is 13.2 Å². The van der Waals surface area contributed by atoms with Crippen molar-refractivity contribution in [1.82, 2.24) is 15.6 Å². The van der Waals surface area contributed by atoms with Gasteiger partial charge in [-0.05, 0) is 26.2 Å². The number of carbonyl (C=O) groups excluding carboxylic acids is 1. The van der Waals surface area contributed by atoms with E-state index >= 15 is 0 Å². The van der Waals surface area contributed by atoms with Crippen LogP contribution in [-0.4, -0.2) is 29.8 Å². The number of amides is 2. The molecule has 0 aliphatic heterocycles. The molecule has 1 aromatic rings. The van der Waals surface area contributed by atoms with E-state index in [1.165, 1.54) is 0 Å². The minimum Gasteiger partial charge on any atom is -0.337 e. The van der Waals surface area contributed by atoms with Crippen LogP contribution >= 0.6 is 11.3 Å². The highest BCUT2D eigenvalue weighted by atomic mass is 32.1. The summed E-state index contributed by atoms with van der Waals surface area (Å²) in [6.07, 6.45) is -2.96. The maximum atomic E-state index is 12.8. The SMILES string of the molecule is Cc1csc([C@H](C)CNC(=O)N[C@@H]2CCC[C@@H](C(F)(F)F)C2)n1. The van der Waals surface area contributed by atoms with Crippen molar-refractivity contribution in [2.45, 2.75) is 57.7 Å². The maximum Gasteiger partial charge on any atom is 0.391 e. The summed E-state index contributed by atoms with van der Waals surface area (Å²) < 4.78 is 38.3. The molecule has 0 spiro atoms. The third-order valence-corrected chi connectivity index (χ3v) is 5.29. The smallest absolute Gasteiger partial charge is 0.337 e. The number of urea groups is 1. The first kappa shape index (κ1) is 18.0. The lowest BCUT2D eigenvalue weighted by molar-refractivity contribution is -0.183. The molecule has 2 rings (SSSR count). The molecule has 1 fully saturated rings. The van der Waals surface area contributed by atoms with Crippen LogP contribution in [0.25, 0.3) is 0 Å². The Kier molecular flexibility index (Phi) is 5.89. The van der Waals surface area contributed by atoms with Crippen molar-refractivity contribution in [2.24, 2.45) is 5.92 Å². The number of aromatic nitrogens is 1. The highest BCUT2D eigenvalue weighted by molar-refractivity contribution is 7.09. The molecule has 0 saturated heterocycles. The number of thiazole rings is 1. The van der Waals surface area contributed by atoms with E-state index in [1.54, 1.807) is 11.3 Å². The first-order chi connectivity index (χ1) is 10.8. The molecule has 4 nitrogen and oxygen atoms in total. The van der Waals surface area contributed by atoms with Gasteiger partial charge < -0.3 is 10.6 Å². The van der Waals surface area contributed by atoms with Crippen LogP contribution in [0.3, 0.4) is 0 Å². The molecule has 1 saturated carbocycles. The Labute approximate surface area is 137 Å². The Balaban J connectivity index is 1.76. The molecule has 0 radical (unpaired) electrons. The molecule has 2 N–H and O–H groups in total. The first-order valence-electron chi connectivity index (χ1n) is 7.78. The standard InChI is InChI=1S/C15H22F3N3OS/c1-9(13-20-10(2)8-23-13)7-19-14(22)21-12-5-3-4-11(6-12)15(16,17)18/h8-9,11-12H,3-7H2,1-2H3,(H2,19,21,22)/t9-,11-,12-/m1/s1. The second-order valence-corrected chi connectivity index (χ2v) is 7.07. The van der Waals surface area contributed by atoms with Gasteiger partial charge in [0.05, 0.1) is 10.9 Å². The third kappa shape index (κ3) is 5.37. The van der Waals surface area contributed by atoms with E-state index in [-0.39, 0.29) is 18.8 Å². The fraction of sp³-hybridized carbons (Fsp3) is 0.733. The Morgan fingerprint density at radius 2 is 2.22 bits per heavy atom. The predicted molar refractivity (Wildman–Crippen MR) is 83.6 cm³/mol. The van der Waals surface area contributed by atoms with Crippen LogP contribution < -0.4 is 10.6 Å². The van der Waals surface area contributed by atoms with Crippen molar-refractivity contribution in [3.8, 4) is 0 Å². The number of rotatable bonds is 4. The van der Waals surface area contributed by atoms with Gasteiger partial charge in [-0.1, -0.05) is 13.3 Å². The summed E-state index contributed by atoms with van der Waals surface area (Å²) in [6.45, 7) is 4.28. The zero-order valence-electron chi connectivity index (χ0n) is 13.2. The van der Waals surface area contributed by atoms with E-state index < -0.39 is 24.2 Å². The number of hydrogen-bond donors (Lipinski definition) is 2. The molecule has 8 heteroatoms. The molecular weight excluding hydrogens is 327 g/mol. The molecule has 1 aliphatic rings. The molecule has 1 aliphatic carbocycles. The molecule has 0 bridgehead atoms. The molecule has 0 aromatic carbocycles. The van der Waals surface area contributed by atoms with Crippen molar-refractivity contribution in [3.05, 3.63) is 16.1 Å². The largest absolute Gasteiger partial charge is 0.391 e. The molecule has 1 heterocycles. The van der Waals surface area contributed by atoms with Gasteiger partial charge >= 0.3 is 12.2 Å². The Bertz CT molecular complexity index is 532. The van der Waals surface area contributed by atoms with Gasteiger partial charge in [-0.3, -0.25) is 0 Å². The number of hydrogen-bond acceptors (Lipinski definition) is 3. The number of halogens is 3. The lowest BCUT2D eigenvalue weighted by Crippen LogP contribution is -2.46. The molecule has 2 amide bonds. The van der Waals surface area contributed by atoms with Crippen molar-refractivity contribution in [1.29, 1.82) is 0 Å². The summed E-state index contributed by atoms with van der Waals surface area (Å²) in [5, 5.41) is 8.28. The third-order valence-electron chi connectivity index (χ3n) is 4.10. The second kappa shape index (κ2) is 7.51. The average Bonchev–Trinajstić information content (AvgIpc) is 2.91. The number of carbonyl (C=O) groups is 1. The maximum absolute atomic E-state index is 12.8. The molecule has 3 atom stereocenters. The Morgan fingerprint density at radius 3 is 2.83 bits per heavy atom. The van der Waals surface area contributed by atoms with Crippen molar-refractivity contribution in [2.75, 3.05) is 6.54 Å². The minimum absolute atomic E-state index is 0.0296. The molecule has 130 valence electrons. The van der Waals surface area contributed by atoms with Crippen molar-refractivity contribution >= 4 is 17.4 Å². The quantitative estimate of drug-likeness (QED) is 0.864. The van der Waals surface area contributed by atoms with Gasteiger partial charge in [0.15, 0.2) is 0 Å². The van der Waals surface area contributed by atoms with Crippen LogP contribution in [0.2, 0.25) is 0 Å². The monoisotopic (exact) mass is 349 g/mol. The summed E-state index contributed by atoms with van der Waals surface area (Å²) in [5.74, 6) is -1.23. The Morgan fingerprint density at radius 1 is 1.48 bits per heavy atom. The fourth-order valence-corrected chi connectivity index (χ4v) is 3.64. The fourth-order valence-electron chi connectivity index (χ4n) is 2.79. The molecular formula is C15H22F3N3OS. The highest BCUT2D eigenvalue weighted by Gasteiger charge is 2.42. The summed E-state index contributed by atoms with van der Waals surface area (Å²) in [5.41, 5.74) is 0.946. The molecule has 1 aromatic heterocycles. The number of alkyl halides is 3. The lowest BCUT2D eigenvalue weighted by atomic mass is 9.85. The first-order valence-corrected chi connectivity index (χ1v) is 8.66. The molecule has 23 heavy (non-hydrogen) atoms. The second-order valence-electron chi connectivity index (χ2n) is 6.18. The van der Waals surface area contributed by atoms with Gasteiger partial charge in [0.25, 0.3) is 0 Å². The van der Waals surface area contributed by atoms with E-state index in [0.29, 0.717) is 19.4 Å². The zero-order chi connectivity index (χ0) is 17.0. The molecule has 0 unspecified atom stereocenters. The van der Waals surface area contributed by atoms with E-state index in [1.807, 2.05) is 19.2 Å². The van der Waals surface area contributed by atoms with Crippen LogP contribution in [0.15, 0.2) is 5.38 Å². The summed E-state index contributed by atoms with van der Waals surface area (Å²) in [6, 6.07) is -0.814. The van der Waals surface area contributed by atoms with Crippen LogP contribution in [-0.2, 0) is 0 Å². The van der Waals surface area contributed by atoms with E-state index in [2.05, 4.69) is 15.6 Å². The van der Waals surface area contributed by atoms with Crippen LogP contribution in [0, 0.1) is 12.8 Å². The van der Waals surface area contributed by atoms with Crippen molar-refractivity contribution < 1.29 is 18.0 Å². The number of nitrogens with zero attached hydrogens (tertiary/aromatic N) is 1.